The molecule has 0 saturated heterocycles. The summed E-state index contributed by atoms with van der Waals surface area (Å²) in [6.07, 6.45) is 0. The Bertz CT molecular complexity index is 8410. The first-order valence-corrected chi connectivity index (χ1v) is 44.7. The standard InChI is InChI=1S/C46H30S.C42H30O2.C36H24/c1-3-15-32(16-4-1)42-30-43(47-46(42)33-18-5-2-6-19-33)34-21-13-22-35(29-34)44-38-24-9-11-26-40(38)45(41-27-12-10-25-39(41)44)37-28-14-20-31-17-7-8-23-36(31)37;1-42(2,3)25-22-23-30-35(24-25)39(34-19-11-17-32-27-13-7-9-21-37(27)44-41(32)34)29-15-5-4-14-28(29)38(30)33-18-10-16-31-26-12-6-8-20-36(26)43-40(31)33;1-2-12-27(13-3-1)35-31-16-6-8-18-33(31)36(34-19-9-7-17-32(34)35)28-23-21-26(22-24-28)30-20-10-14-25-11-4-5-15-29(25)30/h1-30H;4-24H,1-3H3;1-24H. The monoisotopic (exact) mass is 1640 g/mol. The van der Waals surface area contributed by atoms with Crippen molar-refractivity contribution in [3.63, 3.8) is 0 Å². The highest BCUT2D eigenvalue weighted by Gasteiger charge is 2.27. The van der Waals surface area contributed by atoms with Gasteiger partial charge in [0, 0.05) is 59.1 Å². The Morgan fingerprint density at radius 2 is 0.488 bits per heavy atom. The number of fused-ring (bicyclic) bond motifs is 14. The summed E-state index contributed by atoms with van der Waals surface area (Å²) in [4.78, 5) is 2.57. The number of thiophene rings is 1. The van der Waals surface area contributed by atoms with Gasteiger partial charge in [0.25, 0.3) is 0 Å². The third-order valence-electron chi connectivity index (χ3n) is 25.8. The van der Waals surface area contributed by atoms with Crippen LogP contribution in [0.2, 0.25) is 0 Å². The van der Waals surface area contributed by atoms with Crippen molar-refractivity contribution in [2.75, 3.05) is 0 Å². The van der Waals surface area contributed by atoms with Crippen LogP contribution in [0, 0.1) is 0 Å². The number of furan rings is 2. The molecule has 127 heavy (non-hydrogen) atoms. The predicted molar refractivity (Wildman–Crippen MR) is 545 cm³/mol. The maximum Gasteiger partial charge on any atom is 0.143 e. The normalized spacial score (nSPS) is 11.7. The zero-order valence-corrected chi connectivity index (χ0v) is 71.3. The molecular weight excluding hydrogens is 1550 g/mol. The van der Waals surface area contributed by atoms with Crippen LogP contribution in [-0.2, 0) is 5.41 Å². The Kier molecular flexibility index (Phi) is 19.1. The van der Waals surface area contributed by atoms with Crippen molar-refractivity contribution in [2.45, 2.75) is 26.2 Å². The van der Waals surface area contributed by atoms with Gasteiger partial charge in [0.2, 0.25) is 0 Å². The molecule has 0 radical (unpaired) electrons. The minimum absolute atomic E-state index is 0.0125. The number of para-hydroxylation sites is 4. The van der Waals surface area contributed by atoms with Crippen LogP contribution in [0.15, 0.2) is 464 Å². The Balaban J connectivity index is 0.000000110. The highest BCUT2D eigenvalue weighted by atomic mass is 32.1. The van der Waals surface area contributed by atoms with Crippen LogP contribution in [0.25, 0.3) is 240 Å². The molecule has 0 fully saturated rings. The van der Waals surface area contributed by atoms with Gasteiger partial charge >= 0.3 is 0 Å². The highest BCUT2D eigenvalue weighted by molar-refractivity contribution is 7.19. The number of hydrogen-bond acceptors (Lipinski definition) is 3. The van der Waals surface area contributed by atoms with E-state index in [9.17, 15) is 0 Å². The van der Waals surface area contributed by atoms with Crippen LogP contribution in [-0.4, -0.2) is 0 Å². The molecule has 0 bridgehead atoms. The van der Waals surface area contributed by atoms with E-state index in [1.54, 1.807) is 0 Å². The molecule has 0 saturated carbocycles. The maximum atomic E-state index is 6.62. The molecule has 0 amide bonds. The molecule has 0 aliphatic rings. The maximum absolute atomic E-state index is 6.62. The molecule has 0 aliphatic heterocycles. The Morgan fingerprint density at radius 3 is 0.976 bits per heavy atom. The van der Waals surface area contributed by atoms with Crippen LogP contribution < -0.4 is 0 Å². The number of rotatable bonds is 10. The van der Waals surface area contributed by atoms with Gasteiger partial charge in [0.15, 0.2) is 0 Å². The lowest BCUT2D eigenvalue weighted by molar-refractivity contribution is 0.591. The van der Waals surface area contributed by atoms with Gasteiger partial charge in [-0.25, -0.2) is 0 Å². The molecule has 0 atom stereocenters. The average molecular weight is 1640 g/mol. The summed E-state index contributed by atoms with van der Waals surface area (Å²) in [5, 5.41) is 24.7. The molecule has 22 aromatic carbocycles. The average Bonchev–Trinajstić information content (AvgIpc) is 1.66. The summed E-state index contributed by atoms with van der Waals surface area (Å²) in [6, 6.07) is 165. The van der Waals surface area contributed by atoms with Crippen LogP contribution in [0.5, 0.6) is 0 Å². The smallest absolute Gasteiger partial charge is 0.143 e. The molecule has 598 valence electrons. The largest absolute Gasteiger partial charge is 0.455 e. The molecular formula is C124H84O2S. The van der Waals surface area contributed by atoms with Crippen molar-refractivity contribution in [3.05, 3.63) is 461 Å². The van der Waals surface area contributed by atoms with Crippen LogP contribution in [0.4, 0.5) is 0 Å². The zero-order valence-electron chi connectivity index (χ0n) is 70.5. The van der Waals surface area contributed by atoms with Crippen molar-refractivity contribution in [3.8, 4) is 110 Å². The molecule has 3 heteroatoms. The van der Waals surface area contributed by atoms with Gasteiger partial charge in [-0.05, 0) is 200 Å². The fraction of sp³-hybridized carbons (Fsp3) is 0.0323. The zero-order chi connectivity index (χ0) is 84.6. The van der Waals surface area contributed by atoms with E-state index >= 15 is 0 Å². The minimum Gasteiger partial charge on any atom is -0.455 e. The second kappa shape index (κ2) is 31.8. The topological polar surface area (TPSA) is 26.3 Å². The summed E-state index contributed by atoms with van der Waals surface area (Å²) >= 11 is 1.87. The Morgan fingerprint density at radius 1 is 0.181 bits per heavy atom. The van der Waals surface area contributed by atoms with Crippen molar-refractivity contribution >= 4 is 141 Å². The summed E-state index contributed by atoms with van der Waals surface area (Å²) < 4.78 is 13.2. The molecule has 3 aromatic heterocycles. The van der Waals surface area contributed by atoms with Crippen molar-refractivity contribution in [1.82, 2.24) is 0 Å². The molecule has 25 rings (SSSR count). The molecule has 0 unspecified atom stereocenters. The van der Waals surface area contributed by atoms with Crippen molar-refractivity contribution in [1.29, 1.82) is 0 Å². The van der Waals surface area contributed by atoms with Crippen LogP contribution in [0.1, 0.15) is 26.3 Å². The number of hydrogen-bond donors (Lipinski definition) is 0. The summed E-state index contributed by atoms with van der Waals surface area (Å²) in [5.74, 6) is 0. The van der Waals surface area contributed by atoms with E-state index < -0.39 is 0 Å². The second-order valence-corrected chi connectivity index (χ2v) is 35.3. The molecule has 0 spiro atoms. The van der Waals surface area contributed by atoms with E-state index in [0.29, 0.717) is 0 Å². The fourth-order valence-electron chi connectivity index (χ4n) is 19.9. The minimum atomic E-state index is -0.0125. The highest BCUT2D eigenvalue weighted by Crippen LogP contribution is 2.53. The van der Waals surface area contributed by atoms with Crippen LogP contribution in [0.3, 0.4) is 0 Å². The molecule has 0 aliphatic carbocycles. The summed E-state index contributed by atoms with van der Waals surface area (Å²) in [6.45, 7) is 6.85. The Labute approximate surface area is 741 Å². The summed E-state index contributed by atoms with van der Waals surface area (Å²) in [7, 11) is 0. The first kappa shape index (κ1) is 76.1. The van der Waals surface area contributed by atoms with Crippen LogP contribution >= 0.6 is 11.3 Å². The van der Waals surface area contributed by atoms with Crippen molar-refractivity contribution in [2.24, 2.45) is 0 Å². The first-order chi connectivity index (χ1) is 62.7. The van der Waals surface area contributed by atoms with Gasteiger partial charge in [-0.15, -0.1) is 11.3 Å². The van der Waals surface area contributed by atoms with Gasteiger partial charge in [-0.1, -0.05) is 445 Å². The van der Waals surface area contributed by atoms with Gasteiger partial charge in [-0.3, -0.25) is 0 Å². The van der Waals surface area contributed by atoms with Gasteiger partial charge in [0.1, 0.15) is 22.3 Å². The third-order valence-corrected chi connectivity index (χ3v) is 27.0. The van der Waals surface area contributed by atoms with E-state index in [0.717, 1.165) is 55.0 Å². The second-order valence-electron chi connectivity index (χ2n) is 34.2. The lowest BCUT2D eigenvalue weighted by atomic mass is 9.81. The summed E-state index contributed by atoms with van der Waals surface area (Å²) in [5.41, 5.74) is 27.3. The fourth-order valence-corrected chi connectivity index (χ4v) is 21.1. The van der Waals surface area contributed by atoms with Gasteiger partial charge < -0.3 is 8.83 Å². The molecule has 25 aromatic rings. The van der Waals surface area contributed by atoms with Gasteiger partial charge in [0.05, 0.1) is 0 Å². The molecule has 2 nitrogen and oxygen atoms in total. The third kappa shape index (κ3) is 13.4. The van der Waals surface area contributed by atoms with Crippen molar-refractivity contribution < 1.29 is 8.83 Å². The van der Waals surface area contributed by atoms with Gasteiger partial charge in [-0.2, -0.15) is 0 Å². The SMILES string of the molecule is CC(C)(C)c1ccc2c(-c3cccc4c3oc3ccccc34)c3ccccc3c(-c3cccc4c3oc3ccccc34)c2c1.c1ccc(-c2c3ccccc3c(-c3ccc(-c4cccc5ccccc45)cc3)c3ccccc23)cc1.c1ccc(-c2cc(-c3cccc(-c4c5ccccc5c(-c5cccc6ccccc56)c5ccccc45)c3)sc2-c2ccccc2)cc1. The molecule has 0 N–H and O–H groups in total. The van der Waals surface area contributed by atoms with E-state index in [1.165, 1.54) is 191 Å². The Hall–Kier alpha value is -15.8. The quantitative estimate of drug-likeness (QED) is 0.128. The lowest BCUT2D eigenvalue weighted by Crippen LogP contribution is -2.10. The molecule has 3 heterocycles. The van der Waals surface area contributed by atoms with E-state index in [1.807, 2.05) is 23.5 Å². The van der Waals surface area contributed by atoms with E-state index in [4.69, 9.17) is 8.83 Å². The lowest BCUT2D eigenvalue weighted by Gasteiger charge is -2.23. The first-order valence-electron chi connectivity index (χ1n) is 43.8. The predicted octanol–water partition coefficient (Wildman–Crippen LogP) is 36.1. The van der Waals surface area contributed by atoms with E-state index in [2.05, 4.69) is 464 Å². The van der Waals surface area contributed by atoms with E-state index in [-0.39, 0.29) is 5.41 Å². The number of benzene rings is 22.